The van der Waals surface area contributed by atoms with E-state index in [4.69, 9.17) is 14.4 Å². The molecule has 1 aliphatic heterocycles. The largest absolute Gasteiger partial charge is 0.455 e. The summed E-state index contributed by atoms with van der Waals surface area (Å²) in [5.74, 6) is 1.56. The molecule has 1 aliphatic rings. The minimum atomic E-state index is -0.477. The molecule has 8 aromatic rings. The van der Waals surface area contributed by atoms with E-state index in [9.17, 15) is 0 Å². The van der Waals surface area contributed by atoms with Crippen LogP contribution < -0.4 is 5.32 Å². The molecule has 4 nitrogen and oxygen atoms in total. The van der Waals surface area contributed by atoms with Crippen LogP contribution in [0.3, 0.4) is 0 Å². The number of nitrogens with one attached hydrogen (secondary N) is 1. The van der Waals surface area contributed by atoms with Crippen LogP contribution in [0, 0.1) is 0 Å². The lowest BCUT2D eigenvalue weighted by Crippen LogP contribution is -2.36. The second kappa shape index (κ2) is 11.3. The highest BCUT2D eigenvalue weighted by Crippen LogP contribution is 2.41. The van der Waals surface area contributed by atoms with Crippen LogP contribution in [0.5, 0.6) is 0 Å². The van der Waals surface area contributed by atoms with Gasteiger partial charge in [0.1, 0.15) is 22.8 Å². The van der Waals surface area contributed by atoms with Gasteiger partial charge in [0.05, 0.1) is 0 Å². The van der Waals surface area contributed by atoms with E-state index in [-0.39, 0.29) is 0 Å². The smallest absolute Gasteiger partial charge is 0.170 e. The van der Waals surface area contributed by atoms with Gasteiger partial charge in [-0.2, -0.15) is 0 Å². The first kappa shape index (κ1) is 27.1. The van der Waals surface area contributed by atoms with E-state index in [0.717, 1.165) is 67.0 Å². The van der Waals surface area contributed by atoms with Gasteiger partial charge in [0.2, 0.25) is 0 Å². The molecule has 1 unspecified atom stereocenters. The Morgan fingerprint density at radius 2 is 1.06 bits per heavy atom. The topological polar surface area (TPSA) is 49.9 Å². The molecule has 0 spiro atoms. The molecule has 1 atom stereocenters. The first-order valence-corrected chi connectivity index (χ1v) is 15.9. The monoisotopic (exact) mass is 603 g/mol. The van der Waals surface area contributed by atoms with Gasteiger partial charge in [-0.25, -0.2) is 9.98 Å². The van der Waals surface area contributed by atoms with Crippen molar-refractivity contribution in [3.05, 3.63) is 180 Å². The predicted molar refractivity (Wildman–Crippen MR) is 194 cm³/mol. The zero-order chi connectivity index (χ0) is 31.2. The van der Waals surface area contributed by atoms with E-state index in [0.29, 0.717) is 0 Å². The Morgan fingerprint density at radius 3 is 1.83 bits per heavy atom. The number of benzene rings is 7. The third kappa shape index (κ3) is 4.88. The van der Waals surface area contributed by atoms with Gasteiger partial charge in [-0.1, -0.05) is 152 Å². The van der Waals surface area contributed by atoms with Crippen molar-refractivity contribution in [1.82, 2.24) is 5.32 Å². The second-order valence-electron chi connectivity index (χ2n) is 11.8. The van der Waals surface area contributed by atoms with E-state index in [2.05, 4.69) is 133 Å². The first-order chi connectivity index (χ1) is 23.3. The Kier molecular flexibility index (Phi) is 6.50. The first-order valence-electron chi connectivity index (χ1n) is 15.9. The fourth-order valence-corrected chi connectivity index (χ4v) is 6.58. The molecule has 0 amide bonds. The summed E-state index contributed by atoms with van der Waals surface area (Å²) in [5, 5.41) is 8.13. The number of hydrogen-bond acceptors (Lipinski definition) is 4. The highest BCUT2D eigenvalue weighted by molar-refractivity contribution is 6.17. The average Bonchev–Trinajstić information content (AvgIpc) is 3.55. The molecule has 1 N–H and O–H groups in total. The van der Waals surface area contributed by atoms with Crippen molar-refractivity contribution in [3.63, 3.8) is 0 Å². The third-order valence-electron chi connectivity index (χ3n) is 8.95. The summed E-state index contributed by atoms with van der Waals surface area (Å²) in [4.78, 5) is 10.5. The number of rotatable bonds is 5. The van der Waals surface area contributed by atoms with Crippen LogP contribution in [0.15, 0.2) is 178 Å². The van der Waals surface area contributed by atoms with Gasteiger partial charge in [-0.3, -0.25) is 0 Å². The molecule has 0 saturated heterocycles. The van der Waals surface area contributed by atoms with Crippen molar-refractivity contribution in [3.8, 4) is 22.3 Å². The van der Waals surface area contributed by atoms with E-state index in [1.807, 2.05) is 36.4 Å². The van der Waals surface area contributed by atoms with Crippen LogP contribution in [0.4, 0.5) is 0 Å². The molecule has 1 aromatic heterocycles. The lowest BCUT2D eigenvalue weighted by Gasteiger charge is -2.23. The fourth-order valence-electron chi connectivity index (χ4n) is 6.58. The number of para-hydroxylation sites is 1. The van der Waals surface area contributed by atoms with E-state index >= 15 is 0 Å². The lowest BCUT2D eigenvalue weighted by atomic mass is 9.97. The molecule has 0 aliphatic carbocycles. The normalized spacial score (nSPS) is 14.6. The van der Waals surface area contributed by atoms with E-state index in [1.165, 1.54) is 16.3 Å². The highest BCUT2D eigenvalue weighted by Gasteiger charge is 2.25. The molecule has 0 saturated carbocycles. The summed E-state index contributed by atoms with van der Waals surface area (Å²) in [6.07, 6.45) is -0.477. The third-order valence-corrected chi connectivity index (χ3v) is 8.95. The molecule has 7 aromatic carbocycles. The Bertz CT molecular complexity index is 2480. The summed E-state index contributed by atoms with van der Waals surface area (Å²) < 4.78 is 6.56. The maximum Gasteiger partial charge on any atom is 0.170 e. The minimum absolute atomic E-state index is 0.477. The maximum absolute atomic E-state index is 6.56. The van der Waals surface area contributed by atoms with Gasteiger partial charge in [0, 0.05) is 33.0 Å². The van der Waals surface area contributed by atoms with Crippen LogP contribution in [-0.2, 0) is 0 Å². The van der Waals surface area contributed by atoms with Crippen molar-refractivity contribution in [2.75, 3.05) is 0 Å². The predicted octanol–water partition coefficient (Wildman–Crippen LogP) is 10.6. The van der Waals surface area contributed by atoms with Crippen molar-refractivity contribution in [2.45, 2.75) is 6.17 Å². The molecule has 4 heteroatoms. The van der Waals surface area contributed by atoms with Crippen LogP contribution >= 0.6 is 0 Å². The number of aliphatic imine (C=N–C) groups is 2. The quantitative estimate of drug-likeness (QED) is 0.213. The molecule has 47 heavy (non-hydrogen) atoms. The summed E-state index contributed by atoms with van der Waals surface area (Å²) in [6, 6.07) is 56.9. The molecule has 2 heterocycles. The van der Waals surface area contributed by atoms with Gasteiger partial charge in [-0.05, 0) is 39.6 Å². The van der Waals surface area contributed by atoms with Crippen molar-refractivity contribution >= 4 is 44.4 Å². The van der Waals surface area contributed by atoms with E-state index < -0.39 is 6.17 Å². The van der Waals surface area contributed by atoms with Crippen molar-refractivity contribution in [2.24, 2.45) is 9.98 Å². The number of amidine groups is 2. The maximum atomic E-state index is 6.56. The Hall–Kier alpha value is -6.26. The average molecular weight is 604 g/mol. The number of hydrogen-bond donors (Lipinski definition) is 1. The zero-order valence-electron chi connectivity index (χ0n) is 25.5. The fraction of sp³-hybridized carbons (Fsp3) is 0.0233. The van der Waals surface area contributed by atoms with Crippen LogP contribution in [0.25, 0.3) is 55.0 Å². The Morgan fingerprint density at radius 1 is 0.468 bits per heavy atom. The van der Waals surface area contributed by atoms with Crippen LogP contribution in [0.1, 0.15) is 22.9 Å². The van der Waals surface area contributed by atoms with Crippen LogP contribution in [0.2, 0.25) is 0 Å². The summed E-state index contributed by atoms with van der Waals surface area (Å²) in [6.45, 7) is 0. The number of furan rings is 1. The molecular weight excluding hydrogens is 574 g/mol. The summed E-state index contributed by atoms with van der Waals surface area (Å²) >= 11 is 0. The summed E-state index contributed by atoms with van der Waals surface area (Å²) in [7, 11) is 0. The van der Waals surface area contributed by atoms with Crippen LogP contribution in [-0.4, -0.2) is 11.7 Å². The number of nitrogens with zero attached hydrogens (tertiary/aromatic N) is 2. The highest BCUT2D eigenvalue weighted by atomic mass is 16.3. The molecular formula is C43H29N3O. The zero-order valence-corrected chi connectivity index (χ0v) is 25.5. The molecule has 0 radical (unpaired) electrons. The molecule has 222 valence electrons. The summed E-state index contributed by atoms with van der Waals surface area (Å²) in [5.41, 5.74) is 9.21. The standard InChI is InChI=1S/C43H29N3O/c1-3-12-30(13-4-1)35-25-26-37(39-36-17-9-10-18-38(36)47-40(35)39)43-45-41(31-14-5-2-6-15-31)44-42(46-43)32-22-19-29(20-23-32)34-24-21-28-11-7-8-16-33(28)27-34/h1-27,43H,(H,44,45,46). The van der Waals surface area contributed by atoms with Gasteiger partial charge in [0.15, 0.2) is 6.17 Å². The Labute approximate surface area is 272 Å². The van der Waals surface area contributed by atoms with Gasteiger partial charge >= 0.3 is 0 Å². The SMILES string of the molecule is c1ccc(C2=NC(c3ccc(-c4ccccc4)c4oc5ccccc5c34)N=C(c3ccc(-c4ccc5ccccc5c4)cc3)N2)cc1. The Balaban J connectivity index is 1.18. The van der Waals surface area contributed by atoms with Gasteiger partial charge in [0.25, 0.3) is 0 Å². The molecule has 0 fully saturated rings. The number of fused-ring (bicyclic) bond motifs is 4. The van der Waals surface area contributed by atoms with Crippen molar-refractivity contribution < 1.29 is 4.42 Å². The van der Waals surface area contributed by atoms with Gasteiger partial charge in [-0.15, -0.1) is 0 Å². The van der Waals surface area contributed by atoms with Crippen molar-refractivity contribution in [1.29, 1.82) is 0 Å². The van der Waals surface area contributed by atoms with Gasteiger partial charge < -0.3 is 9.73 Å². The second-order valence-corrected chi connectivity index (χ2v) is 11.8. The van der Waals surface area contributed by atoms with E-state index in [1.54, 1.807) is 0 Å². The lowest BCUT2D eigenvalue weighted by molar-refractivity contribution is 0.668. The minimum Gasteiger partial charge on any atom is -0.455 e. The molecule has 0 bridgehead atoms. The molecule has 9 rings (SSSR count).